The second kappa shape index (κ2) is 9.41. The molecule has 1 atom stereocenters. The van der Waals surface area contributed by atoms with Crippen LogP contribution in [-0.4, -0.2) is 49.6 Å². The molecule has 174 valence electrons. The van der Waals surface area contributed by atoms with Crippen LogP contribution in [0.4, 0.5) is 10.1 Å². The third kappa shape index (κ3) is 4.54. The Morgan fingerprint density at radius 2 is 1.97 bits per heavy atom. The number of methoxy groups -OCH3 is 2. The summed E-state index contributed by atoms with van der Waals surface area (Å²) in [6, 6.07) is 9.75. The minimum absolute atomic E-state index is 0.0106. The molecule has 1 N–H and O–H groups in total. The molecule has 1 amide bonds. The largest absolute Gasteiger partial charge is 0.497 e. The molecule has 1 fully saturated rings. The smallest absolute Gasteiger partial charge is 0.286 e. The summed E-state index contributed by atoms with van der Waals surface area (Å²) in [5.74, 6) is -0.613. The minimum atomic E-state index is -3.96. The molecule has 1 saturated heterocycles. The van der Waals surface area contributed by atoms with Crippen LogP contribution in [0.1, 0.15) is 33.7 Å². The van der Waals surface area contributed by atoms with Crippen molar-refractivity contribution in [2.45, 2.75) is 23.8 Å². The van der Waals surface area contributed by atoms with Crippen LogP contribution in [0.15, 0.2) is 47.4 Å². The van der Waals surface area contributed by atoms with Crippen LogP contribution >= 0.6 is 11.3 Å². The van der Waals surface area contributed by atoms with Crippen LogP contribution in [0.5, 0.6) is 11.5 Å². The maximum Gasteiger partial charge on any atom is 0.286 e. The van der Waals surface area contributed by atoms with E-state index in [0.29, 0.717) is 23.6 Å². The Bertz CT molecular complexity index is 1280. The lowest BCUT2D eigenvalue weighted by Gasteiger charge is -2.23. The van der Waals surface area contributed by atoms with Crippen molar-refractivity contribution in [3.63, 3.8) is 0 Å². The Kier molecular flexibility index (Phi) is 6.58. The average molecular weight is 493 g/mol. The number of para-hydroxylation sites is 1. The number of nitrogens with one attached hydrogen (secondary N) is 1. The topological polar surface area (TPSA) is 111 Å². The van der Waals surface area contributed by atoms with E-state index < -0.39 is 27.8 Å². The SMILES string of the molecule is COc1ccc(OC)c(S(=O)(=O)N2CCC[C@@H]2c2nnc(C(=O)Nc3ccccc3F)s2)c1. The number of hydrogen-bond acceptors (Lipinski definition) is 8. The van der Waals surface area contributed by atoms with Gasteiger partial charge in [-0.25, -0.2) is 12.8 Å². The van der Waals surface area contributed by atoms with Crippen LogP contribution in [0.25, 0.3) is 0 Å². The molecule has 33 heavy (non-hydrogen) atoms. The van der Waals surface area contributed by atoms with Crippen molar-refractivity contribution in [3.05, 3.63) is 58.3 Å². The molecule has 4 rings (SSSR count). The van der Waals surface area contributed by atoms with E-state index >= 15 is 0 Å². The van der Waals surface area contributed by atoms with E-state index in [1.807, 2.05) is 0 Å². The molecule has 0 radical (unpaired) electrons. The summed E-state index contributed by atoms with van der Waals surface area (Å²) in [6.45, 7) is 0.281. The molecule has 1 aliphatic heterocycles. The highest BCUT2D eigenvalue weighted by atomic mass is 32.2. The van der Waals surface area contributed by atoms with Gasteiger partial charge in [-0.15, -0.1) is 10.2 Å². The van der Waals surface area contributed by atoms with Gasteiger partial charge in [0.25, 0.3) is 5.91 Å². The van der Waals surface area contributed by atoms with Gasteiger partial charge in [0.05, 0.1) is 25.9 Å². The molecular formula is C21H21FN4O5S2. The first-order chi connectivity index (χ1) is 15.8. The molecule has 3 aromatic rings. The Morgan fingerprint density at radius 3 is 2.70 bits per heavy atom. The third-order valence-electron chi connectivity index (χ3n) is 5.20. The number of amides is 1. The molecule has 0 unspecified atom stereocenters. The number of nitrogens with zero attached hydrogens (tertiary/aromatic N) is 3. The van der Waals surface area contributed by atoms with E-state index in [2.05, 4.69) is 15.5 Å². The summed E-state index contributed by atoms with van der Waals surface area (Å²) < 4.78 is 52.6. The molecule has 9 nitrogen and oxygen atoms in total. The summed E-state index contributed by atoms with van der Waals surface area (Å²) in [5, 5.41) is 10.8. The van der Waals surface area contributed by atoms with Crippen molar-refractivity contribution in [1.29, 1.82) is 0 Å². The van der Waals surface area contributed by atoms with Crippen LogP contribution in [-0.2, 0) is 10.0 Å². The molecule has 1 aromatic heterocycles. The number of rotatable bonds is 7. The van der Waals surface area contributed by atoms with E-state index in [0.717, 1.165) is 11.3 Å². The Labute approximate surface area is 194 Å². The number of benzene rings is 2. The highest BCUT2D eigenvalue weighted by Gasteiger charge is 2.40. The van der Waals surface area contributed by atoms with Crippen LogP contribution < -0.4 is 14.8 Å². The van der Waals surface area contributed by atoms with Gasteiger partial charge in [0, 0.05) is 12.6 Å². The molecule has 2 heterocycles. The van der Waals surface area contributed by atoms with Gasteiger partial charge in [-0.05, 0) is 37.1 Å². The monoisotopic (exact) mass is 492 g/mol. The van der Waals surface area contributed by atoms with Crippen LogP contribution in [0, 0.1) is 5.82 Å². The fourth-order valence-corrected chi connectivity index (χ4v) is 6.37. The number of anilines is 1. The number of carbonyl (C=O) groups is 1. The average Bonchev–Trinajstić information content (AvgIpc) is 3.50. The number of ether oxygens (including phenoxy) is 2. The van der Waals surface area contributed by atoms with E-state index in [4.69, 9.17) is 9.47 Å². The van der Waals surface area contributed by atoms with Gasteiger partial charge in [-0.2, -0.15) is 4.31 Å². The van der Waals surface area contributed by atoms with Gasteiger partial charge in [0.1, 0.15) is 27.2 Å². The van der Waals surface area contributed by atoms with Crippen LogP contribution in [0.2, 0.25) is 0 Å². The number of aromatic nitrogens is 2. The number of sulfonamides is 1. The molecule has 0 saturated carbocycles. The van der Waals surface area contributed by atoms with E-state index in [1.165, 1.54) is 48.9 Å². The van der Waals surface area contributed by atoms with E-state index in [9.17, 15) is 17.6 Å². The predicted octanol–water partition coefficient (Wildman–Crippen LogP) is 3.47. The summed E-state index contributed by atoms with van der Waals surface area (Å²) in [6.07, 6.45) is 1.14. The summed E-state index contributed by atoms with van der Waals surface area (Å²) in [7, 11) is -1.11. The summed E-state index contributed by atoms with van der Waals surface area (Å²) in [4.78, 5) is 12.5. The first kappa shape index (κ1) is 23.1. The standard InChI is InChI=1S/C21H21FN4O5S2/c1-30-13-9-10-17(31-2)18(12-13)33(28,29)26-11-5-8-16(26)20-24-25-21(32-20)19(27)23-15-7-4-3-6-14(15)22/h3-4,6-7,9-10,12,16H,5,8,11H2,1-2H3,(H,23,27)/t16-/m1/s1. The van der Waals surface area contributed by atoms with Crippen molar-refractivity contribution < 1.29 is 27.1 Å². The molecule has 0 aliphatic carbocycles. The summed E-state index contributed by atoms with van der Waals surface area (Å²) >= 11 is 0.977. The predicted molar refractivity (Wildman–Crippen MR) is 120 cm³/mol. The zero-order chi connectivity index (χ0) is 23.6. The second-order valence-electron chi connectivity index (χ2n) is 7.17. The second-order valence-corrected chi connectivity index (χ2v) is 10.0. The van der Waals surface area contributed by atoms with Gasteiger partial charge >= 0.3 is 0 Å². The van der Waals surface area contributed by atoms with Gasteiger partial charge < -0.3 is 14.8 Å². The summed E-state index contributed by atoms with van der Waals surface area (Å²) in [5.41, 5.74) is 0.0226. The van der Waals surface area contributed by atoms with Gasteiger partial charge in [0.2, 0.25) is 15.0 Å². The van der Waals surface area contributed by atoms with Crippen molar-refractivity contribution >= 4 is 33.0 Å². The lowest BCUT2D eigenvalue weighted by Crippen LogP contribution is -2.31. The Balaban J connectivity index is 1.60. The van der Waals surface area contributed by atoms with Crippen molar-refractivity contribution in [2.24, 2.45) is 0 Å². The lowest BCUT2D eigenvalue weighted by atomic mass is 10.2. The maximum atomic E-state index is 13.8. The molecule has 12 heteroatoms. The fourth-order valence-electron chi connectivity index (χ4n) is 3.59. The number of carbonyl (C=O) groups excluding carboxylic acids is 1. The highest BCUT2D eigenvalue weighted by molar-refractivity contribution is 7.89. The highest BCUT2D eigenvalue weighted by Crippen LogP contribution is 2.40. The van der Waals surface area contributed by atoms with Gasteiger partial charge in [0.15, 0.2) is 0 Å². The molecular weight excluding hydrogens is 471 g/mol. The van der Waals surface area contributed by atoms with E-state index in [-0.39, 0.29) is 27.9 Å². The molecule has 0 spiro atoms. The fraction of sp³-hybridized carbons (Fsp3) is 0.286. The van der Waals surface area contributed by atoms with E-state index in [1.54, 1.807) is 12.1 Å². The molecule has 1 aliphatic rings. The first-order valence-electron chi connectivity index (χ1n) is 9.98. The van der Waals surface area contributed by atoms with Crippen molar-refractivity contribution in [1.82, 2.24) is 14.5 Å². The number of hydrogen-bond donors (Lipinski definition) is 1. The maximum absolute atomic E-state index is 13.8. The zero-order valence-corrected chi connectivity index (χ0v) is 19.5. The van der Waals surface area contributed by atoms with Gasteiger partial charge in [-0.3, -0.25) is 4.79 Å². The third-order valence-corrected chi connectivity index (χ3v) is 8.16. The Morgan fingerprint density at radius 1 is 1.18 bits per heavy atom. The quantitative estimate of drug-likeness (QED) is 0.538. The minimum Gasteiger partial charge on any atom is -0.497 e. The van der Waals surface area contributed by atoms with Gasteiger partial charge in [-0.1, -0.05) is 23.5 Å². The van der Waals surface area contributed by atoms with Crippen molar-refractivity contribution in [3.8, 4) is 11.5 Å². The first-order valence-corrected chi connectivity index (χ1v) is 12.2. The normalized spacial score (nSPS) is 16.5. The Hall–Kier alpha value is -3.09. The molecule has 2 aromatic carbocycles. The number of halogens is 1. The zero-order valence-electron chi connectivity index (χ0n) is 17.8. The van der Waals surface area contributed by atoms with Crippen LogP contribution in [0.3, 0.4) is 0 Å². The van der Waals surface area contributed by atoms with Crippen molar-refractivity contribution in [2.75, 3.05) is 26.1 Å². The molecule has 0 bridgehead atoms. The lowest BCUT2D eigenvalue weighted by molar-refractivity contribution is 0.102.